The molecular weight excluding hydrogens is 270 g/mol. The quantitative estimate of drug-likeness (QED) is 0.870. The standard InChI is InChI=1S/C16H19NO4/c18-14-12-4-2-1-3-10(12)5-6-13(14)15(19)17-8-7-11(9-17)16(20)21/h5-6,11,18H,1-4,7-9H2,(H,20,21). The number of hydrogen-bond acceptors (Lipinski definition) is 3. The molecule has 0 radical (unpaired) electrons. The number of hydrogen-bond donors (Lipinski definition) is 2. The number of benzene rings is 1. The lowest BCUT2D eigenvalue weighted by Crippen LogP contribution is -2.30. The van der Waals surface area contributed by atoms with Gasteiger partial charge >= 0.3 is 5.97 Å². The van der Waals surface area contributed by atoms with Crippen molar-refractivity contribution < 1.29 is 19.8 Å². The molecule has 1 aromatic carbocycles. The van der Waals surface area contributed by atoms with E-state index in [-0.39, 0.29) is 18.2 Å². The molecule has 1 unspecified atom stereocenters. The second kappa shape index (κ2) is 5.39. The van der Waals surface area contributed by atoms with E-state index in [4.69, 9.17) is 5.11 Å². The van der Waals surface area contributed by atoms with Crippen LogP contribution in [-0.2, 0) is 17.6 Å². The molecule has 5 heteroatoms. The van der Waals surface area contributed by atoms with E-state index in [1.165, 1.54) is 4.90 Å². The van der Waals surface area contributed by atoms with E-state index in [0.29, 0.717) is 18.5 Å². The van der Waals surface area contributed by atoms with Crippen LogP contribution in [0.5, 0.6) is 5.75 Å². The van der Waals surface area contributed by atoms with Crippen molar-refractivity contribution >= 4 is 11.9 Å². The number of aryl methyl sites for hydroxylation is 1. The van der Waals surface area contributed by atoms with E-state index in [1.807, 2.05) is 6.07 Å². The number of aliphatic carboxylic acids is 1. The fourth-order valence-electron chi connectivity index (χ4n) is 3.30. The molecule has 0 aromatic heterocycles. The number of amides is 1. The Hall–Kier alpha value is -2.04. The zero-order valence-corrected chi connectivity index (χ0v) is 11.8. The first-order chi connectivity index (χ1) is 10.1. The monoisotopic (exact) mass is 289 g/mol. The number of rotatable bonds is 2. The van der Waals surface area contributed by atoms with Gasteiger partial charge in [-0.1, -0.05) is 6.07 Å². The number of carboxylic acids is 1. The zero-order chi connectivity index (χ0) is 15.0. The summed E-state index contributed by atoms with van der Waals surface area (Å²) in [6.45, 7) is 0.664. The van der Waals surface area contributed by atoms with Crippen molar-refractivity contribution in [3.05, 3.63) is 28.8 Å². The third-order valence-corrected chi connectivity index (χ3v) is 4.56. The average Bonchev–Trinajstić information content (AvgIpc) is 2.97. The fourth-order valence-corrected chi connectivity index (χ4v) is 3.30. The number of carbonyl (C=O) groups is 2. The lowest BCUT2D eigenvalue weighted by atomic mass is 9.89. The van der Waals surface area contributed by atoms with Crippen molar-refractivity contribution in [3.63, 3.8) is 0 Å². The molecule has 2 N–H and O–H groups in total. The van der Waals surface area contributed by atoms with Gasteiger partial charge in [-0.05, 0) is 49.3 Å². The van der Waals surface area contributed by atoms with Crippen LogP contribution < -0.4 is 0 Å². The van der Waals surface area contributed by atoms with Gasteiger partial charge in [-0.25, -0.2) is 0 Å². The summed E-state index contributed by atoms with van der Waals surface area (Å²) in [5.41, 5.74) is 2.32. The van der Waals surface area contributed by atoms with Crippen molar-refractivity contribution in [2.75, 3.05) is 13.1 Å². The molecule has 0 spiro atoms. The highest BCUT2D eigenvalue weighted by atomic mass is 16.4. The van der Waals surface area contributed by atoms with Gasteiger partial charge in [0.2, 0.25) is 0 Å². The summed E-state index contributed by atoms with van der Waals surface area (Å²) in [4.78, 5) is 25.0. The average molecular weight is 289 g/mol. The van der Waals surface area contributed by atoms with Crippen molar-refractivity contribution in [2.24, 2.45) is 5.92 Å². The summed E-state index contributed by atoms with van der Waals surface area (Å²) in [7, 11) is 0. The lowest BCUT2D eigenvalue weighted by molar-refractivity contribution is -0.141. The highest BCUT2D eigenvalue weighted by Crippen LogP contribution is 2.33. The van der Waals surface area contributed by atoms with Crippen LogP contribution in [0, 0.1) is 5.92 Å². The molecule has 5 nitrogen and oxygen atoms in total. The Bertz CT molecular complexity index is 596. The molecule has 1 fully saturated rings. The van der Waals surface area contributed by atoms with Crippen LogP contribution in [0.4, 0.5) is 0 Å². The summed E-state index contributed by atoms with van der Waals surface area (Å²) in [5.74, 6) is -1.52. The van der Waals surface area contributed by atoms with Gasteiger partial charge in [0.1, 0.15) is 5.75 Å². The predicted molar refractivity (Wildman–Crippen MR) is 76.4 cm³/mol. The molecule has 2 aliphatic rings. The maximum absolute atomic E-state index is 12.5. The molecule has 0 bridgehead atoms. The fraction of sp³-hybridized carbons (Fsp3) is 0.500. The number of phenolic OH excluding ortho intramolecular Hbond substituents is 1. The molecular formula is C16H19NO4. The second-order valence-electron chi connectivity index (χ2n) is 5.88. The van der Waals surface area contributed by atoms with Crippen molar-refractivity contribution in [1.82, 2.24) is 4.90 Å². The number of carbonyl (C=O) groups excluding carboxylic acids is 1. The van der Waals surface area contributed by atoms with Crippen LogP contribution >= 0.6 is 0 Å². The van der Waals surface area contributed by atoms with Crippen molar-refractivity contribution in [2.45, 2.75) is 32.1 Å². The van der Waals surface area contributed by atoms with Crippen LogP contribution in [0.2, 0.25) is 0 Å². The van der Waals surface area contributed by atoms with E-state index in [1.54, 1.807) is 6.07 Å². The Balaban J connectivity index is 1.84. The zero-order valence-electron chi connectivity index (χ0n) is 11.8. The van der Waals surface area contributed by atoms with Gasteiger partial charge in [0.15, 0.2) is 0 Å². The minimum absolute atomic E-state index is 0.0935. The first-order valence-corrected chi connectivity index (χ1v) is 7.43. The lowest BCUT2D eigenvalue weighted by Gasteiger charge is -2.21. The van der Waals surface area contributed by atoms with E-state index >= 15 is 0 Å². The van der Waals surface area contributed by atoms with Crippen molar-refractivity contribution in [3.8, 4) is 5.75 Å². The molecule has 1 amide bonds. The highest BCUT2D eigenvalue weighted by Gasteiger charge is 2.32. The van der Waals surface area contributed by atoms with E-state index in [2.05, 4.69) is 0 Å². The number of carboxylic acid groups (broad SMARTS) is 1. The summed E-state index contributed by atoms with van der Waals surface area (Å²) in [6, 6.07) is 3.60. The molecule has 1 aliphatic heterocycles. The van der Waals surface area contributed by atoms with Crippen molar-refractivity contribution in [1.29, 1.82) is 0 Å². The largest absolute Gasteiger partial charge is 0.507 e. The topological polar surface area (TPSA) is 77.8 Å². The number of nitrogens with zero attached hydrogens (tertiary/aromatic N) is 1. The summed E-state index contributed by atoms with van der Waals surface area (Å²) in [6.07, 6.45) is 4.38. The SMILES string of the molecule is O=C(O)C1CCN(C(=O)c2ccc3c(c2O)CCCC3)C1. The predicted octanol–water partition coefficient (Wildman–Crippen LogP) is 1.82. The number of aromatic hydroxyl groups is 1. The third-order valence-electron chi connectivity index (χ3n) is 4.56. The molecule has 1 aliphatic carbocycles. The second-order valence-corrected chi connectivity index (χ2v) is 5.88. The Labute approximate surface area is 123 Å². The van der Waals surface area contributed by atoms with Gasteiger partial charge in [0, 0.05) is 13.1 Å². The smallest absolute Gasteiger partial charge is 0.308 e. The minimum Gasteiger partial charge on any atom is -0.507 e. The van der Waals surface area contributed by atoms with E-state index in [0.717, 1.165) is 36.8 Å². The summed E-state index contributed by atoms with van der Waals surface area (Å²) >= 11 is 0. The van der Waals surface area contributed by atoms with Crippen LogP contribution in [-0.4, -0.2) is 40.1 Å². The van der Waals surface area contributed by atoms with Gasteiger partial charge in [-0.3, -0.25) is 9.59 Å². The molecule has 0 saturated carbocycles. The first kappa shape index (κ1) is 13.9. The Kier molecular flexibility index (Phi) is 3.57. The van der Waals surface area contributed by atoms with Gasteiger partial charge < -0.3 is 15.1 Å². The van der Waals surface area contributed by atoms with E-state index < -0.39 is 11.9 Å². The van der Waals surface area contributed by atoms with Gasteiger partial charge in [0.25, 0.3) is 5.91 Å². The highest BCUT2D eigenvalue weighted by molar-refractivity contribution is 5.98. The maximum Gasteiger partial charge on any atom is 0.308 e. The number of likely N-dealkylation sites (tertiary alicyclic amines) is 1. The molecule has 1 heterocycles. The van der Waals surface area contributed by atoms with Crippen LogP contribution in [0.1, 0.15) is 40.7 Å². The number of phenols is 1. The van der Waals surface area contributed by atoms with Crippen LogP contribution in [0.25, 0.3) is 0 Å². The van der Waals surface area contributed by atoms with Gasteiger partial charge in [-0.15, -0.1) is 0 Å². The molecule has 112 valence electrons. The molecule has 3 rings (SSSR count). The Morgan fingerprint density at radius 3 is 2.67 bits per heavy atom. The first-order valence-electron chi connectivity index (χ1n) is 7.43. The van der Waals surface area contributed by atoms with Gasteiger partial charge in [0.05, 0.1) is 11.5 Å². The third kappa shape index (κ3) is 2.48. The van der Waals surface area contributed by atoms with Gasteiger partial charge in [-0.2, -0.15) is 0 Å². The van der Waals surface area contributed by atoms with Crippen LogP contribution in [0.15, 0.2) is 12.1 Å². The molecule has 1 atom stereocenters. The van der Waals surface area contributed by atoms with E-state index in [9.17, 15) is 14.7 Å². The normalized spacial score (nSPS) is 21.1. The molecule has 1 aromatic rings. The Morgan fingerprint density at radius 2 is 1.95 bits per heavy atom. The minimum atomic E-state index is -0.861. The van der Waals surface area contributed by atoms with Crippen LogP contribution in [0.3, 0.4) is 0 Å². The molecule has 1 saturated heterocycles. The maximum atomic E-state index is 12.5. The summed E-state index contributed by atoms with van der Waals surface area (Å²) < 4.78 is 0. The Morgan fingerprint density at radius 1 is 1.19 bits per heavy atom. The molecule has 21 heavy (non-hydrogen) atoms. The number of fused-ring (bicyclic) bond motifs is 1. The summed E-state index contributed by atoms with van der Waals surface area (Å²) in [5, 5.41) is 19.4.